The third kappa shape index (κ3) is 3.19. The largest absolute Gasteiger partial charge is 0.423 e. The van der Waals surface area contributed by atoms with Crippen molar-refractivity contribution in [2.24, 2.45) is 5.92 Å². The molecule has 0 bridgehead atoms. The summed E-state index contributed by atoms with van der Waals surface area (Å²) in [6.45, 7) is 3.28. The molecule has 1 saturated heterocycles. The Labute approximate surface area is 119 Å². The fourth-order valence-electron chi connectivity index (χ4n) is 2.55. The molecule has 0 amide bonds. The molecule has 0 unspecified atom stereocenters. The van der Waals surface area contributed by atoms with Crippen molar-refractivity contribution in [3.63, 3.8) is 0 Å². The van der Waals surface area contributed by atoms with Crippen molar-refractivity contribution in [1.29, 1.82) is 0 Å². The Hall–Kier alpha value is -1.26. The molecular formula is C14H20ClN3O. The molecule has 1 fully saturated rings. The number of para-hydroxylation sites is 2. The Morgan fingerprint density at radius 3 is 2.79 bits per heavy atom. The van der Waals surface area contributed by atoms with E-state index in [4.69, 9.17) is 4.42 Å². The summed E-state index contributed by atoms with van der Waals surface area (Å²) in [4.78, 5) is 6.66. The number of benzene rings is 1. The van der Waals surface area contributed by atoms with E-state index in [1.54, 1.807) is 0 Å². The highest BCUT2D eigenvalue weighted by atomic mass is 35.5. The Kier molecular flexibility index (Phi) is 4.66. The van der Waals surface area contributed by atoms with Gasteiger partial charge in [-0.1, -0.05) is 12.1 Å². The van der Waals surface area contributed by atoms with Crippen LogP contribution in [0.3, 0.4) is 0 Å². The van der Waals surface area contributed by atoms with Crippen LogP contribution in [-0.4, -0.2) is 31.7 Å². The molecule has 2 aromatic rings. The minimum absolute atomic E-state index is 0. The number of nitrogens with zero attached hydrogens (tertiary/aromatic N) is 2. The van der Waals surface area contributed by atoms with Crippen LogP contribution in [0.15, 0.2) is 28.7 Å². The average molecular weight is 282 g/mol. The lowest BCUT2D eigenvalue weighted by Gasteiger charge is -2.26. The monoisotopic (exact) mass is 281 g/mol. The second-order valence-corrected chi connectivity index (χ2v) is 5.04. The van der Waals surface area contributed by atoms with Gasteiger partial charge in [-0.05, 0) is 44.0 Å². The van der Waals surface area contributed by atoms with Crippen LogP contribution in [0.1, 0.15) is 12.8 Å². The molecule has 0 atom stereocenters. The van der Waals surface area contributed by atoms with E-state index >= 15 is 0 Å². The van der Waals surface area contributed by atoms with Crippen molar-refractivity contribution in [3.05, 3.63) is 24.3 Å². The third-order valence-corrected chi connectivity index (χ3v) is 3.60. The van der Waals surface area contributed by atoms with Gasteiger partial charge in [0.15, 0.2) is 5.58 Å². The fraction of sp³-hybridized carbons (Fsp3) is 0.500. The van der Waals surface area contributed by atoms with Crippen molar-refractivity contribution >= 4 is 29.5 Å². The van der Waals surface area contributed by atoms with E-state index in [1.807, 2.05) is 24.3 Å². The highest BCUT2D eigenvalue weighted by Gasteiger charge is 2.17. The van der Waals surface area contributed by atoms with Crippen LogP contribution in [0.5, 0.6) is 0 Å². The SMILES string of the molecule is CN(CC1CCNCC1)c1nc2ccccc2o1.Cl. The lowest BCUT2D eigenvalue weighted by molar-refractivity contribution is 0.372. The highest BCUT2D eigenvalue weighted by molar-refractivity contribution is 5.85. The van der Waals surface area contributed by atoms with Crippen molar-refractivity contribution in [2.75, 3.05) is 31.6 Å². The number of hydrogen-bond acceptors (Lipinski definition) is 4. The van der Waals surface area contributed by atoms with E-state index in [0.717, 1.165) is 42.7 Å². The van der Waals surface area contributed by atoms with E-state index in [2.05, 4.69) is 22.2 Å². The summed E-state index contributed by atoms with van der Waals surface area (Å²) in [7, 11) is 2.06. The van der Waals surface area contributed by atoms with Crippen LogP contribution in [0.4, 0.5) is 6.01 Å². The number of hydrogen-bond donors (Lipinski definition) is 1. The summed E-state index contributed by atoms with van der Waals surface area (Å²) in [6, 6.07) is 8.64. The molecule has 19 heavy (non-hydrogen) atoms. The summed E-state index contributed by atoms with van der Waals surface area (Å²) in [5, 5.41) is 3.39. The zero-order valence-electron chi connectivity index (χ0n) is 11.1. The van der Waals surface area contributed by atoms with Gasteiger partial charge in [-0.2, -0.15) is 4.98 Å². The summed E-state index contributed by atoms with van der Waals surface area (Å²) >= 11 is 0. The molecule has 1 aliphatic rings. The number of anilines is 1. The topological polar surface area (TPSA) is 41.3 Å². The first kappa shape index (κ1) is 14.2. The Bertz CT molecular complexity index is 489. The Morgan fingerprint density at radius 2 is 2.05 bits per heavy atom. The van der Waals surface area contributed by atoms with E-state index in [9.17, 15) is 0 Å². The van der Waals surface area contributed by atoms with Gasteiger partial charge in [-0.25, -0.2) is 0 Å². The molecule has 0 spiro atoms. The molecule has 0 aliphatic carbocycles. The molecule has 0 saturated carbocycles. The van der Waals surface area contributed by atoms with Gasteiger partial charge in [0.1, 0.15) is 5.52 Å². The Balaban J connectivity index is 0.00000133. The second-order valence-electron chi connectivity index (χ2n) is 5.04. The van der Waals surface area contributed by atoms with Crippen LogP contribution in [0.2, 0.25) is 0 Å². The van der Waals surface area contributed by atoms with Crippen LogP contribution in [-0.2, 0) is 0 Å². The summed E-state index contributed by atoms with van der Waals surface area (Å²) in [5.41, 5.74) is 1.80. The summed E-state index contributed by atoms with van der Waals surface area (Å²) < 4.78 is 5.77. The van der Waals surface area contributed by atoms with Crippen molar-refractivity contribution < 1.29 is 4.42 Å². The average Bonchev–Trinajstić information content (AvgIpc) is 2.84. The molecule has 1 aromatic carbocycles. The minimum atomic E-state index is 0. The first-order valence-electron chi connectivity index (χ1n) is 6.60. The number of aromatic nitrogens is 1. The molecule has 4 nitrogen and oxygen atoms in total. The first-order chi connectivity index (χ1) is 8.83. The maximum atomic E-state index is 5.77. The predicted molar refractivity (Wildman–Crippen MR) is 80.1 cm³/mol. The highest BCUT2D eigenvalue weighted by Crippen LogP contribution is 2.22. The van der Waals surface area contributed by atoms with E-state index in [1.165, 1.54) is 12.8 Å². The van der Waals surface area contributed by atoms with E-state index in [0.29, 0.717) is 0 Å². The van der Waals surface area contributed by atoms with Gasteiger partial charge in [-0.15, -0.1) is 12.4 Å². The molecule has 104 valence electrons. The van der Waals surface area contributed by atoms with Crippen LogP contribution in [0, 0.1) is 5.92 Å². The van der Waals surface area contributed by atoms with E-state index in [-0.39, 0.29) is 12.4 Å². The van der Waals surface area contributed by atoms with Crippen molar-refractivity contribution in [1.82, 2.24) is 10.3 Å². The Morgan fingerprint density at radius 1 is 1.32 bits per heavy atom. The molecule has 2 heterocycles. The first-order valence-corrected chi connectivity index (χ1v) is 6.60. The maximum Gasteiger partial charge on any atom is 0.298 e. The van der Waals surface area contributed by atoms with Gasteiger partial charge >= 0.3 is 0 Å². The number of oxazole rings is 1. The normalized spacial score (nSPS) is 16.3. The molecule has 0 radical (unpaired) electrons. The number of fused-ring (bicyclic) bond motifs is 1. The molecular weight excluding hydrogens is 262 g/mol. The van der Waals surface area contributed by atoms with Crippen molar-refractivity contribution in [2.45, 2.75) is 12.8 Å². The maximum absolute atomic E-state index is 5.77. The summed E-state index contributed by atoms with van der Waals surface area (Å²) in [6.07, 6.45) is 2.48. The second kappa shape index (κ2) is 6.26. The zero-order valence-corrected chi connectivity index (χ0v) is 11.9. The quantitative estimate of drug-likeness (QED) is 0.939. The number of halogens is 1. The van der Waals surface area contributed by atoms with Gasteiger partial charge < -0.3 is 14.6 Å². The van der Waals surface area contributed by atoms with Crippen LogP contribution >= 0.6 is 12.4 Å². The molecule has 1 N–H and O–H groups in total. The number of rotatable bonds is 3. The number of nitrogens with one attached hydrogen (secondary N) is 1. The third-order valence-electron chi connectivity index (χ3n) is 3.60. The standard InChI is InChI=1S/C14H19N3O.ClH/c1-17(10-11-6-8-15-9-7-11)14-16-12-4-2-3-5-13(12)18-14;/h2-5,11,15H,6-10H2,1H3;1H. The fourth-order valence-corrected chi connectivity index (χ4v) is 2.55. The zero-order chi connectivity index (χ0) is 12.4. The molecule has 5 heteroatoms. The summed E-state index contributed by atoms with van der Waals surface area (Å²) in [5.74, 6) is 0.742. The van der Waals surface area contributed by atoms with Gasteiger partial charge in [0, 0.05) is 13.6 Å². The van der Waals surface area contributed by atoms with Crippen LogP contribution < -0.4 is 10.2 Å². The lowest BCUT2D eigenvalue weighted by Crippen LogP contribution is -2.34. The van der Waals surface area contributed by atoms with Gasteiger partial charge in [-0.3, -0.25) is 0 Å². The molecule has 1 aromatic heterocycles. The van der Waals surface area contributed by atoms with E-state index < -0.39 is 0 Å². The predicted octanol–water partition coefficient (Wildman–Crippen LogP) is 2.69. The number of piperidine rings is 1. The van der Waals surface area contributed by atoms with Gasteiger partial charge in [0.25, 0.3) is 6.01 Å². The molecule has 1 aliphatic heterocycles. The smallest absolute Gasteiger partial charge is 0.298 e. The lowest BCUT2D eigenvalue weighted by atomic mass is 9.98. The van der Waals surface area contributed by atoms with Gasteiger partial charge in [0.2, 0.25) is 0 Å². The van der Waals surface area contributed by atoms with Crippen LogP contribution in [0.25, 0.3) is 11.1 Å². The molecule has 3 rings (SSSR count). The van der Waals surface area contributed by atoms with Gasteiger partial charge in [0.05, 0.1) is 0 Å². The van der Waals surface area contributed by atoms with Crippen molar-refractivity contribution in [3.8, 4) is 0 Å². The minimum Gasteiger partial charge on any atom is -0.423 e.